The summed E-state index contributed by atoms with van der Waals surface area (Å²) >= 11 is 0. The molecular formula is C12H25NO. The summed E-state index contributed by atoms with van der Waals surface area (Å²) < 4.78 is 5.68. The number of hydrogen-bond acceptors (Lipinski definition) is 2. The Hall–Kier alpha value is -0.0800. The zero-order valence-corrected chi connectivity index (χ0v) is 9.88. The van der Waals surface area contributed by atoms with E-state index in [9.17, 15) is 0 Å². The highest BCUT2D eigenvalue weighted by atomic mass is 16.5. The molecule has 1 aliphatic rings. The summed E-state index contributed by atoms with van der Waals surface area (Å²) in [6, 6.07) is 1.20. The van der Waals surface area contributed by atoms with Crippen molar-refractivity contribution in [2.24, 2.45) is 0 Å². The van der Waals surface area contributed by atoms with Crippen LogP contribution in [0.4, 0.5) is 0 Å². The van der Waals surface area contributed by atoms with Crippen molar-refractivity contribution in [1.82, 2.24) is 5.32 Å². The molecule has 3 unspecified atom stereocenters. The predicted molar refractivity (Wildman–Crippen MR) is 60.6 cm³/mol. The van der Waals surface area contributed by atoms with Gasteiger partial charge in [-0.1, -0.05) is 20.3 Å². The quantitative estimate of drug-likeness (QED) is 0.710. The molecule has 1 aliphatic heterocycles. The Bertz CT molecular complexity index is 143. The Morgan fingerprint density at radius 1 is 1.43 bits per heavy atom. The van der Waals surface area contributed by atoms with E-state index in [2.05, 4.69) is 26.1 Å². The highest BCUT2D eigenvalue weighted by Crippen LogP contribution is 2.16. The van der Waals surface area contributed by atoms with Gasteiger partial charge in [-0.3, -0.25) is 0 Å². The molecule has 1 saturated heterocycles. The molecule has 2 nitrogen and oxygen atoms in total. The van der Waals surface area contributed by atoms with Crippen molar-refractivity contribution in [3.8, 4) is 0 Å². The van der Waals surface area contributed by atoms with E-state index in [-0.39, 0.29) is 0 Å². The van der Waals surface area contributed by atoms with E-state index in [4.69, 9.17) is 4.74 Å². The van der Waals surface area contributed by atoms with E-state index in [1.165, 1.54) is 32.1 Å². The first-order valence-corrected chi connectivity index (χ1v) is 6.15. The van der Waals surface area contributed by atoms with Crippen molar-refractivity contribution in [2.75, 3.05) is 6.61 Å². The Balaban J connectivity index is 2.25. The SMILES string of the molecule is CCCC(CC)NC(C)C1CCCO1. The van der Waals surface area contributed by atoms with Gasteiger partial charge < -0.3 is 10.1 Å². The van der Waals surface area contributed by atoms with Crippen molar-refractivity contribution >= 4 is 0 Å². The van der Waals surface area contributed by atoms with Gasteiger partial charge in [0.2, 0.25) is 0 Å². The summed E-state index contributed by atoms with van der Waals surface area (Å²) in [6.45, 7) is 7.73. The second-order valence-electron chi connectivity index (χ2n) is 4.40. The van der Waals surface area contributed by atoms with Crippen LogP contribution in [0.15, 0.2) is 0 Å². The summed E-state index contributed by atoms with van der Waals surface area (Å²) in [5, 5.41) is 3.68. The summed E-state index contributed by atoms with van der Waals surface area (Å²) in [5.41, 5.74) is 0. The lowest BCUT2D eigenvalue weighted by molar-refractivity contribution is 0.0789. The molecule has 3 atom stereocenters. The molecule has 0 amide bonds. The topological polar surface area (TPSA) is 21.3 Å². The second-order valence-corrected chi connectivity index (χ2v) is 4.40. The molecule has 2 heteroatoms. The van der Waals surface area contributed by atoms with E-state index in [0.717, 1.165) is 6.61 Å². The standard InChI is InChI=1S/C12H25NO/c1-4-7-11(5-2)13-10(3)12-8-6-9-14-12/h10-13H,4-9H2,1-3H3. The molecule has 1 N–H and O–H groups in total. The molecule has 14 heavy (non-hydrogen) atoms. The minimum atomic E-state index is 0.459. The summed E-state index contributed by atoms with van der Waals surface area (Å²) in [7, 11) is 0. The van der Waals surface area contributed by atoms with Crippen LogP contribution < -0.4 is 5.32 Å². The fourth-order valence-electron chi connectivity index (χ4n) is 2.23. The van der Waals surface area contributed by atoms with Crippen molar-refractivity contribution in [1.29, 1.82) is 0 Å². The molecule has 0 aliphatic carbocycles. The normalized spacial score (nSPS) is 26.4. The predicted octanol–water partition coefficient (Wildman–Crippen LogP) is 2.72. The number of nitrogens with one attached hydrogen (secondary N) is 1. The summed E-state index contributed by atoms with van der Waals surface area (Å²) in [5.74, 6) is 0. The zero-order chi connectivity index (χ0) is 10.4. The monoisotopic (exact) mass is 199 g/mol. The lowest BCUT2D eigenvalue weighted by Crippen LogP contribution is -2.43. The number of hydrogen-bond donors (Lipinski definition) is 1. The molecular weight excluding hydrogens is 174 g/mol. The van der Waals surface area contributed by atoms with Crippen LogP contribution in [-0.4, -0.2) is 24.8 Å². The molecule has 0 spiro atoms. The van der Waals surface area contributed by atoms with Crippen LogP contribution in [0.1, 0.15) is 52.9 Å². The van der Waals surface area contributed by atoms with Crippen LogP contribution >= 0.6 is 0 Å². The van der Waals surface area contributed by atoms with Gasteiger partial charge in [0.1, 0.15) is 0 Å². The third kappa shape index (κ3) is 3.58. The fourth-order valence-corrected chi connectivity index (χ4v) is 2.23. The van der Waals surface area contributed by atoms with Crippen LogP contribution in [0.2, 0.25) is 0 Å². The van der Waals surface area contributed by atoms with Crippen LogP contribution in [0.3, 0.4) is 0 Å². The van der Waals surface area contributed by atoms with Gasteiger partial charge in [-0.2, -0.15) is 0 Å². The molecule has 0 aromatic heterocycles. The van der Waals surface area contributed by atoms with Crippen molar-refractivity contribution in [2.45, 2.75) is 71.1 Å². The molecule has 0 aromatic rings. The first-order valence-electron chi connectivity index (χ1n) is 6.15. The van der Waals surface area contributed by atoms with E-state index in [1.807, 2.05) is 0 Å². The van der Waals surface area contributed by atoms with Gasteiger partial charge in [-0.25, -0.2) is 0 Å². The maximum Gasteiger partial charge on any atom is 0.0726 e. The Kier molecular flexibility index (Phi) is 5.49. The average molecular weight is 199 g/mol. The van der Waals surface area contributed by atoms with Crippen molar-refractivity contribution in [3.63, 3.8) is 0 Å². The van der Waals surface area contributed by atoms with E-state index >= 15 is 0 Å². The summed E-state index contributed by atoms with van der Waals surface area (Å²) in [4.78, 5) is 0. The van der Waals surface area contributed by atoms with Crippen LogP contribution in [0.5, 0.6) is 0 Å². The molecule has 1 rings (SSSR count). The first kappa shape index (κ1) is 12.0. The highest BCUT2D eigenvalue weighted by molar-refractivity contribution is 4.79. The largest absolute Gasteiger partial charge is 0.377 e. The lowest BCUT2D eigenvalue weighted by Gasteiger charge is -2.25. The minimum Gasteiger partial charge on any atom is -0.377 e. The van der Waals surface area contributed by atoms with Gasteiger partial charge in [0.05, 0.1) is 6.10 Å². The van der Waals surface area contributed by atoms with Crippen LogP contribution in [-0.2, 0) is 4.74 Å². The van der Waals surface area contributed by atoms with Gasteiger partial charge in [0.15, 0.2) is 0 Å². The Morgan fingerprint density at radius 2 is 2.21 bits per heavy atom. The van der Waals surface area contributed by atoms with Crippen molar-refractivity contribution < 1.29 is 4.74 Å². The van der Waals surface area contributed by atoms with E-state index in [1.54, 1.807) is 0 Å². The maximum absolute atomic E-state index is 5.68. The number of rotatable bonds is 6. The Morgan fingerprint density at radius 3 is 2.71 bits per heavy atom. The maximum atomic E-state index is 5.68. The van der Waals surface area contributed by atoms with E-state index in [0.29, 0.717) is 18.2 Å². The van der Waals surface area contributed by atoms with Gasteiger partial charge in [0.25, 0.3) is 0 Å². The summed E-state index contributed by atoms with van der Waals surface area (Å²) in [6.07, 6.45) is 6.71. The molecule has 0 bridgehead atoms. The second kappa shape index (κ2) is 6.41. The smallest absolute Gasteiger partial charge is 0.0726 e. The van der Waals surface area contributed by atoms with Gasteiger partial charge in [-0.15, -0.1) is 0 Å². The lowest BCUT2D eigenvalue weighted by atomic mass is 10.0. The van der Waals surface area contributed by atoms with Crippen LogP contribution in [0.25, 0.3) is 0 Å². The van der Waals surface area contributed by atoms with E-state index < -0.39 is 0 Å². The van der Waals surface area contributed by atoms with Gasteiger partial charge >= 0.3 is 0 Å². The Labute approximate surface area is 88.4 Å². The van der Waals surface area contributed by atoms with Gasteiger partial charge in [0, 0.05) is 18.7 Å². The third-order valence-electron chi connectivity index (χ3n) is 3.15. The van der Waals surface area contributed by atoms with Crippen LogP contribution in [0, 0.1) is 0 Å². The van der Waals surface area contributed by atoms with Gasteiger partial charge in [-0.05, 0) is 32.6 Å². The fraction of sp³-hybridized carbons (Fsp3) is 1.00. The average Bonchev–Trinajstić information content (AvgIpc) is 2.69. The molecule has 0 saturated carbocycles. The molecule has 0 radical (unpaired) electrons. The zero-order valence-electron chi connectivity index (χ0n) is 9.88. The van der Waals surface area contributed by atoms with Crippen molar-refractivity contribution in [3.05, 3.63) is 0 Å². The molecule has 1 fully saturated rings. The molecule has 0 aromatic carbocycles. The first-order chi connectivity index (χ1) is 6.77. The molecule has 1 heterocycles. The minimum absolute atomic E-state index is 0.459. The highest BCUT2D eigenvalue weighted by Gasteiger charge is 2.23. The molecule has 84 valence electrons. The number of ether oxygens (including phenoxy) is 1. The third-order valence-corrected chi connectivity index (χ3v) is 3.15.